The SMILES string of the molecule is CN(Cc1cccc(Nc2ccc3nccnc3n2)c1)Cc1cscn1. The lowest BCUT2D eigenvalue weighted by molar-refractivity contribution is 0.316. The quantitative estimate of drug-likeness (QED) is 0.562. The number of anilines is 2. The molecule has 3 aromatic heterocycles. The second-order valence-corrected chi connectivity index (χ2v) is 6.79. The van der Waals surface area contributed by atoms with E-state index in [9.17, 15) is 0 Å². The first-order chi connectivity index (χ1) is 12.8. The van der Waals surface area contributed by atoms with E-state index in [4.69, 9.17) is 0 Å². The molecular weight excluding hydrogens is 344 g/mol. The van der Waals surface area contributed by atoms with E-state index in [-0.39, 0.29) is 0 Å². The first-order valence-electron chi connectivity index (χ1n) is 8.25. The number of aromatic nitrogens is 4. The van der Waals surface area contributed by atoms with Gasteiger partial charge in [0.2, 0.25) is 0 Å². The number of hydrogen-bond donors (Lipinski definition) is 1. The Balaban J connectivity index is 1.46. The molecule has 26 heavy (non-hydrogen) atoms. The van der Waals surface area contributed by atoms with Crippen molar-refractivity contribution in [3.05, 3.63) is 70.9 Å². The van der Waals surface area contributed by atoms with Crippen molar-refractivity contribution >= 4 is 34.0 Å². The summed E-state index contributed by atoms with van der Waals surface area (Å²) in [6.07, 6.45) is 3.32. The monoisotopic (exact) mass is 362 g/mol. The van der Waals surface area contributed by atoms with Crippen molar-refractivity contribution in [1.82, 2.24) is 24.8 Å². The lowest BCUT2D eigenvalue weighted by Gasteiger charge is -2.16. The Morgan fingerprint density at radius 2 is 1.96 bits per heavy atom. The smallest absolute Gasteiger partial charge is 0.180 e. The molecular formula is C19H18N6S. The van der Waals surface area contributed by atoms with Crippen molar-refractivity contribution < 1.29 is 0 Å². The van der Waals surface area contributed by atoms with Crippen LogP contribution in [0.3, 0.4) is 0 Å². The van der Waals surface area contributed by atoms with E-state index in [1.165, 1.54) is 5.56 Å². The van der Waals surface area contributed by atoms with Crippen LogP contribution < -0.4 is 5.32 Å². The average molecular weight is 362 g/mol. The van der Waals surface area contributed by atoms with Gasteiger partial charge in [0.1, 0.15) is 11.3 Å². The standard InChI is InChI=1S/C19H18N6S/c1-25(11-16-12-26-13-22-16)10-14-3-2-4-15(9-14)23-18-6-5-17-19(24-18)21-8-7-20-17/h2-9,12-13H,10-11H2,1H3,(H,21,23,24). The van der Waals surface area contributed by atoms with Crippen LogP contribution in [-0.2, 0) is 13.1 Å². The molecule has 0 atom stereocenters. The van der Waals surface area contributed by atoms with Gasteiger partial charge in [-0.2, -0.15) is 0 Å². The third-order valence-corrected chi connectivity index (χ3v) is 4.53. The molecule has 0 aliphatic heterocycles. The second-order valence-electron chi connectivity index (χ2n) is 6.07. The molecule has 7 heteroatoms. The van der Waals surface area contributed by atoms with Crippen LogP contribution in [0.4, 0.5) is 11.5 Å². The van der Waals surface area contributed by atoms with E-state index in [1.807, 2.05) is 23.7 Å². The number of nitrogens with zero attached hydrogens (tertiary/aromatic N) is 5. The van der Waals surface area contributed by atoms with Gasteiger partial charge in [0, 0.05) is 36.6 Å². The molecule has 1 N–H and O–H groups in total. The molecule has 130 valence electrons. The van der Waals surface area contributed by atoms with Crippen molar-refractivity contribution in [2.24, 2.45) is 0 Å². The maximum absolute atomic E-state index is 4.51. The van der Waals surface area contributed by atoms with E-state index < -0.39 is 0 Å². The fourth-order valence-electron chi connectivity index (χ4n) is 2.78. The number of nitrogens with one attached hydrogen (secondary N) is 1. The fourth-order valence-corrected chi connectivity index (χ4v) is 3.33. The molecule has 0 saturated heterocycles. The van der Waals surface area contributed by atoms with E-state index in [1.54, 1.807) is 23.7 Å². The van der Waals surface area contributed by atoms with E-state index in [0.717, 1.165) is 35.8 Å². The molecule has 0 fully saturated rings. The average Bonchev–Trinajstić information content (AvgIpc) is 3.15. The normalized spacial score (nSPS) is 11.2. The van der Waals surface area contributed by atoms with Gasteiger partial charge in [-0.05, 0) is 36.9 Å². The Morgan fingerprint density at radius 3 is 2.85 bits per heavy atom. The van der Waals surface area contributed by atoms with Crippen LogP contribution in [0.2, 0.25) is 0 Å². The topological polar surface area (TPSA) is 66.8 Å². The van der Waals surface area contributed by atoms with Crippen LogP contribution in [-0.4, -0.2) is 31.9 Å². The Labute approximate surface area is 155 Å². The van der Waals surface area contributed by atoms with Gasteiger partial charge >= 0.3 is 0 Å². The fraction of sp³-hybridized carbons (Fsp3) is 0.158. The van der Waals surface area contributed by atoms with E-state index >= 15 is 0 Å². The summed E-state index contributed by atoms with van der Waals surface area (Å²) in [7, 11) is 2.10. The molecule has 3 heterocycles. The van der Waals surface area contributed by atoms with Gasteiger partial charge in [-0.15, -0.1) is 11.3 Å². The van der Waals surface area contributed by atoms with Crippen LogP contribution in [0.25, 0.3) is 11.2 Å². The Hall–Kier alpha value is -2.90. The lowest BCUT2D eigenvalue weighted by atomic mass is 10.2. The molecule has 1 aromatic carbocycles. The zero-order chi connectivity index (χ0) is 17.8. The highest BCUT2D eigenvalue weighted by molar-refractivity contribution is 7.07. The molecule has 0 radical (unpaired) electrons. The summed E-state index contributed by atoms with van der Waals surface area (Å²) in [4.78, 5) is 19.6. The highest BCUT2D eigenvalue weighted by atomic mass is 32.1. The molecule has 0 aliphatic rings. The van der Waals surface area contributed by atoms with Crippen LogP contribution in [0.15, 0.2) is 59.7 Å². The Bertz CT molecular complexity index is 1000. The molecule has 0 bridgehead atoms. The van der Waals surface area contributed by atoms with Crippen molar-refractivity contribution in [2.75, 3.05) is 12.4 Å². The summed E-state index contributed by atoms with van der Waals surface area (Å²) in [5, 5.41) is 5.43. The summed E-state index contributed by atoms with van der Waals surface area (Å²) in [5.74, 6) is 0.756. The lowest BCUT2D eigenvalue weighted by Crippen LogP contribution is -2.17. The van der Waals surface area contributed by atoms with Gasteiger partial charge in [0.25, 0.3) is 0 Å². The van der Waals surface area contributed by atoms with Crippen LogP contribution >= 0.6 is 11.3 Å². The third kappa shape index (κ3) is 4.01. The molecule has 0 saturated carbocycles. The van der Waals surface area contributed by atoms with Gasteiger partial charge in [0.05, 0.1) is 11.2 Å². The summed E-state index contributed by atoms with van der Waals surface area (Å²) in [6.45, 7) is 1.69. The molecule has 0 aliphatic carbocycles. The number of hydrogen-bond acceptors (Lipinski definition) is 7. The highest BCUT2D eigenvalue weighted by Crippen LogP contribution is 2.19. The van der Waals surface area contributed by atoms with Crippen LogP contribution in [0, 0.1) is 0 Å². The van der Waals surface area contributed by atoms with Gasteiger partial charge < -0.3 is 5.32 Å². The first-order valence-corrected chi connectivity index (χ1v) is 9.20. The molecule has 4 rings (SSSR count). The summed E-state index contributed by atoms with van der Waals surface area (Å²) in [6, 6.07) is 12.2. The van der Waals surface area contributed by atoms with Crippen molar-refractivity contribution in [3.63, 3.8) is 0 Å². The predicted molar refractivity (Wildman–Crippen MR) is 104 cm³/mol. The molecule has 0 amide bonds. The highest BCUT2D eigenvalue weighted by Gasteiger charge is 2.05. The van der Waals surface area contributed by atoms with Gasteiger partial charge in [-0.1, -0.05) is 12.1 Å². The number of thiazole rings is 1. The maximum Gasteiger partial charge on any atom is 0.180 e. The van der Waals surface area contributed by atoms with Crippen molar-refractivity contribution in [3.8, 4) is 0 Å². The second kappa shape index (κ2) is 7.55. The minimum Gasteiger partial charge on any atom is -0.340 e. The summed E-state index contributed by atoms with van der Waals surface area (Å²) < 4.78 is 0. The third-order valence-electron chi connectivity index (χ3n) is 3.90. The number of pyridine rings is 1. The predicted octanol–water partition coefficient (Wildman–Crippen LogP) is 3.86. The molecule has 6 nitrogen and oxygen atoms in total. The zero-order valence-corrected chi connectivity index (χ0v) is 15.1. The first kappa shape index (κ1) is 16.6. The van der Waals surface area contributed by atoms with Crippen LogP contribution in [0.5, 0.6) is 0 Å². The minimum absolute atomic E-state index is 0.636. The Morgan fingerprint density at radius 1 is 1.04 bits per heavy atom. The van der Waals surface area contributed by atoms with Crippen molar-refractivity contribution in [2.45, 2.75) is 13.1 Å². The largest absolute Gasteiger partial charge is 0.340 e. The molecule has 0 unspecified atom stereocenters. The van der Waals surface area contributed by atoms with Gasteiger partial charge in [-0.3, -0.25) is 9.88 Å². The maximum atomic E-state index is 4.51. The van der Waals surface area contributed by atoms with E-state index in [0.29, 0.717) is 5.65 Å². The van der Waals surface area contributed by atoms with Gasteiger partial charge in [0.15, 0.2) is 5.65 Å². The van der Waals surface area contributed by atoms with Crippen LogP contribution in [0.1, 0.15) is 11.3 Å². The molecule has 0 spiro atoms. The number of fused-ring (bicyclic) bond motifs is 1. The number of rotatable bonds is 6. The zero-order valence-electron chi connectivity index (χ0n) is 14.3. The minimum atomic E-state index is 0.636. The molecule has 4 aromatic rings. The van der Waals surface area contributed by atoms with E-state index in [2.05, 4.69) is 60.8 Å². The van der Waals surface area contributed by atoms with Crippen molar-refractivity contribution in [1.29, 1.82) is 0 Å². The summed E-state index contributed by atoms with van der Waals surface area (Å²) >= 11 is 1.63. The van der Waals surface area contributed by atoms with Gasteiger partial charge in [-0.25, -0.2) is 15.0 Å². The summed E-state index contributed by atoms with van der Waals surface area (Å²) in [5.41, 5.74) is 6.63. The number of benzene rings is 1. The Kier molecular flexibility index (Phi) is 4.81.